The van der Waals surface area contributed by atoms with Crippen LogP contribution in [0.3, 0.4) is 0 Å². The van der Waals surface area contributed by atoms with Crippen LogP contribution in [0.1, 0.15) is 17.6 Å². The first-order valence-corrected chi connectivity index (χ1v) is 5.77. The van der Waals surface area contributed by atoms with Gasteiger partial charge in [-0.3, -0.25) is 0 Å². The molecule has 6 nitrogen and oxygen atoms in total. The maximum absolute atomic E-state index is 10.3. The van der Waals surface area contributed by atoms with Crippen molar-refractivity contribution in [3.8, 4) is 5.69 Å². The standard InChI is InChI=1S/C13H11N5O/c19-12(13-14-7-4-8-15-13)11-9-16-17-18(11)10-5-2-1-3-6-10/h1-9,12,19H. The van der Waals surface area contributed by atoms with E-state index in [1.807, 2.05) is 30.3 Å². The minimum atomic E-state index is -0.962. The molecule has 0 aliphatic heterocycles. The normalized spacial score (nSPS) is 12.3. The third-order valence-corrected chi connectivity index (χ3v) is 2.69. The number of hydrogen-bond acceptors (Lipinski definition) is 5. The van der Waals surface area contributed by atoms with E-state index in [0.717, 1.165) is 5.69 Å². The molecule has 0 aliphatic rings. The number of benzene rings is 1. The molecule has 0 aliphatic carbocycles. The van der Waals surface area contributed by atoms with Crippen molar-refractivity contribution in [3.63, 3.8) is 0 Å². The van der Waals surface area contributed by atoms with Gasteiger partial charge >= 0.3 is 0 Å². The van der Waals surface area contributed by atoms with Gasteiger partial charge in [0.2, 0.25) is 0 Å². The van der Waals surface area contributed by atoms with Gasteiger partial charge in [-0.15, -0.1) is 5.10 Å². The van der Waals surface area contributed by atoms with Gasteiger partial charge in [0, 0.05) is 12.4 Å². The molecule has 0 fully saturated rings. The number of hydrogen-bond donors (Lipinski definition) is 1. The van der Waals surface area contributed by atoms with Gasteiger partial charge < -0.3 is 5.11 Å². The molecular formula is C13H11N5O. The van der Waals surface area contributed by atoms with Gasteiger partial charge in [-0.2, -0.15) is 0 Å². The lowest BCUT2D eigenvalue weighted by Crippen LogP contribution is -2.11. The summed E-state index contributed by atoms with van der Waals surface area (Å²) in [6.07, 6.45) is 3.72. The van der Waals surface area contributed by atoms with E-state index in [1.54, 1.807) is 23.1 Å². The Morgan fingerprint density at radius 2 is 1.74 bits per heavy atom. The van der Waals surface area contributed by atoms with E-state index in [2.05, 4.69) is 20.3 Å². The van der Waals surface area contributed by atoms with Gasteiger partial charge in [-0.25, -0.2) is 14.6 Å². The smallest absolute Gasteiger partial charge is 0.163 e. The minimum absolute atomic E-state index is 0.321. The van der Waals surface area contributed by atoms with Crippen LogP contribution in [0.4, 0.5) is 0 Å². The average molecular weight is 253 g/mol. The summed E-state index contributed by atoms with van der Waals surface area (Å²) in [6, 6.07) is 11.2. The second kappa shape index (κ2) is 4.95. The molecule has 0 radical (unpaired) electrons. The summed E-state index contributed by atoms with van der Waals surface area (Å²) in [7, 11) is 0. The van der Waals surface area contributed by atoms with E-state index < -0.39 is 6.10 Å². The number of aliphatic hydroxyl groups excluding tert-OH is 1. The van der Waals surface area contributed by atoms with Crippen LogP contribution in [0.2, 0.25) is 0 Å². The first-order valence-electron chi connectivity index (χ1n) is 5.77. The Balaban J connectivity index is 2.01. The lowest BCUT2D eigenvalue weighted by molar-refractivity contribution is 0.201. The summed E-state index contributed by atoms with van der Waals surface area (Å²) < 4.78 is 1.57. The van der Waals surface area contributed by atoms with Gasteiger partial charge in [0.05, 0.1) is 11.9 Å². The van der Waals surface area contributed by atoms with Gasteiger partial charge in [-0.1, -0.05) is 23.4 Å². The number of para-hydroxylation sites is 1. The van der Waals surface area contributed by atoms with Crippen LogP contribution in [0.25, 0.3) is 5.69 Å². The van der Waals surface area contributed by atoms with Gasteiger partial charge in [0.15, 0.2) is 11.9 Å². The number of nitrogens with zero attached hydrogens (tertiary/aromatic N) is 5. The van der Waals surface area contributed by atoms with Crippen LogP contribution < -0.4 is 0 Å². The Labute approximate surface area is 109 Å². The van der Waals surface area contributed by atoms with Crippen molar-refractivity contribution in [1.29, 1.82) is 0 Å². The second-order valence-electron chi connectivity index (χ2n) is 3.92. The van der Waals surface area contributed by atoms with Crippen LogP contribution in [-0.2, 0) is 0 Å². The molecule has 6 heteroatoms. The number of rotatable bonds is 3. The van der Waals surface area contributed by atoms with Crippen LogP contribution in [-0.4, -0.2) is 30.1 Å². The lowest BCUT2D eigenvalue weighted by Gasteiger charge is -2.10. The molecule has 2 heterocycles. The van der Waals surface area contributed by atoms with Crippen molar-refractivity contribution in [2.24, 2.45) is 0 Å². The van der Waals surface area contributed by atoms with Crippen molar-refractivity contribution in [1.82, 2.24) is 25.0 Å². The Hall–Kier alpha value is -2.60. The molecule has 1 unspecified atom stereocenters. The molecule has 2 aromatic heterocycles. The third-order valence-electron chi connectivity index (χ3n) is 2.69. The van der Waals surface area contributed by atoms with E-state index in [0.29, 0.717) is 11.5 Å². The Morgan fingerprint density at radius 1 is 1.00 bits per heavy atom. The maximum atomic E-state index is 10.3. The van der Waals surface area contributed by atoms with E-state index in [4.69, 9.17) is 0 Å². The summed E-state index contributed by atoms with van der Waals surface area (Å²) in [6.45, 7) is 0. The molecular weight excluding hydrogens is 242 g/mol. The van der Waals surface area contributed by atoms with Gasteiger partial charge in [0.1, 0.15) is 5.69 Å². The molecule has 0 amide bonds. The topological polar surface area (TPSA) is 76.7 Å². The Bertz CT molecular complexity index is 653. The van der Waals surface area contributed by atoms with Crippen molar-refractivity contribution in [3.05, 3.63) is 66.5 Å². The summed E-state index contributed by atoms with van der Waals surface area (Å²) in [4.78, 5) is 8.08. The van der Waals surface area contributed by atoms with Crippen LogP contribution in [0.5, 0.6) is 0 Å². The molecule has 1 aromatic carbocycles. The minimum Gasteiger partial charge on any atom is -0.379 e. The molecule has 94 valence electrons. The van der Waals surface area contributed by atoms with E-state index in [-0.39, 0.29) is 0 Å². The maximum Gasteiger partial charge on any atom is 0.163 e. The highest BCUT2D eigenvalue weighted by molar-refractivity contribution is 5.32. The van der Waals surface area contributed by atoms with E-state index in [9.17, 15) is 5.11 Å². The number of aliphatic hydroxyl groups is 1. The zero-order chi connectivity index (χ0) is 13.1. The first kappa shape index (κ1) is 11.5. The molecule has 0 saturated heterocycles. The molecule has 0 bridgehead atoms. The summed E-state index contributed by atoms with van der Waals surface area (Å²) in [5.74, 6) is 0.321. The molecule has 3 aromatic rings. The van der Waals surface area contributed by atoms with E-state index >= 15 is 0 Å². The quantitative estimate of drug-likeness (QED) is 0.757. The Morgan fingerprint density at radius 3 is 2.47 bits per heavy atom. The van der Waals surface area contributed by atoms with Gasteiger partial charge in [0.25, 0.3) is 0 Å². The average Bonchev–Trinajstić information content (AvgIpc) is 2.98. The highest BCUT2D eigenvalue weighted by Gasteiger charge is 2.19. The highest BCUT2D eigenvalue weighted by atomic mass is 16.3. The van der Waals surface area contributed by atoms with Crippen LogP contribution in [0.15, 0.2) is 55.0 Å². The van der Waals surface area contributed by atoms with Crippen LogP contribution in [0, 0.1) is 0 Å². The summed E-state index contributed by atoms with van der Waals surface area (Å²) in [5.41, 5.74) is 1.35. The predicted octanol–water partition coefficient (Wildman–Crippen LogP) is 1.14. The fourth-order valence-electron chi connectivity index (χ4n) is 1.78. The summed E-state index contributed by atoms with van der Waals surface area (Å²) >= 11 is 0. The molecule has 3 rings (SSSR count). The molecule has 0 spiro atoms. The molecule has 0 saturated carbocycles. The molecule has 1 N–H and O–H groups in total. The zero-order valence-corrected chi connectivity index (χ0v) is 9.96. The largest absolute Gasteiger partial charge is 0.379 e. The number of aromatic nitrogens is 5. The third kappa shape index (κ3) is 2.21. The van der Waals surface area contributed by atoms with Crippen molar-refractivity contribution < 1.29 is 5.11 Å². The fourth-order valence-corrected chi connectivity index (χ4v) is 1.78. The monoisotopic (exact) mass is 253 g/mol. The Kier molecular flexibility index (Phi) is 2.99. The van der Waals surface area contributed by atoms with Crippen LogP contribution >= 0.6 is 0 Å². The fraction of sp³-hybridized carbons (Fsp3) is 0.0769. The summed E-state index contributed by atoms with van der Waals surface area (Å²) in [5, 5.41) is 18.1. The van der Waals surface area contributed by atoms with Crippen molar-refractivity contribution in [2.45, 2.75) is 6.10 Å². The van der Waals surface area contributed by atoms with Crippen molar-refractivity contribution in [2.75, 3.05) is 0 Å². The predicted molar refractivity (Wildman–Crippen MR) is 67.5 cm³/mol. The molecule has 19 heavy (non-hydrogen) atoms. The molecule has 1 atom stereocenters. The first-order chi connectivity index (χ1) is 9.36. The zero-order valence-electron chi connectivity index (χ0n) is 9.96. The van der Waals surface area contributed by atoms with E-state index in [1.165, 1.54) is 6.20 Å². The highest BCUT2D eigenvalue weighted by Crippen LogP contribution is 2.19. The van der Waals surface area contributed by atoms with Crippen molar-refractivity contribution >= 4 is 0 Å². The SMILES string of the molecule is OC(c1ncccn1)c1cnnn1-c1ccccc1. The lowest BCUT2D eigenvalue weighted by atomic mass is 10.2. The van der Waals surface area contributed by atoms with Gasteiger partial charge in [-0.05, 0) is 18.2 Å². The second-order valence-corrected chi connectivity index (χ2v) is 3.92.